The number of hydrogen-bond acceptors (Lipinski definition) is 4. The predicted molar refractivity (Wildman–Crippen MR) is 102 cm³/mol. The summed E-state index contributed by atoms with van der Waals surface area (Å²) in [5.41, 5.74) is 1.25. The zero-order valence-electron chi connectivity index (χ0n) is 15.0. The van der Waals surface area contributed by atoms with E-state index in [2.05, 4.69) is 21.0 Å². The van der Waals surface area contributed by atoms with Crippen molar-refractivity contribution in [2.45, 2.75) is 26.4 Å². The second-order valence-corrected chi connectivity index (χ2v) is 6.25. The van der Waals surface area contributed by atoms with Crippen LogP contribution < -0.4 is 21.6 Å². The summed E-state index contributed by atoms with van der Waals surface area (Å²) in [6.45, 7) is 3.54. The average molecular weight is 368 g/mol. The average Bonchev–Trinajstić information content (AvgIpc) is 2.92. The lowest BCUT2D eigenvalue weighted by Crippen LogP contribution is -2.34. The van der Waals surface area contributed by atoms with Crippen LogP contribution in [0.25, 0.3) is 5.65 Å². The number of rotatable bonds is 5. The zero-order valence-corrected chi connectivity index (χ0v) is 15.0. The van der Waals surface area contributed by atoms with Gasteiger partial charge in [0.15, 0.2) is 5.65 Å². The third kappa shape index (κ3) is 4.51. The van der Waals surface area contributed by atoms with Crippen molar-refractivity contribution in [1.29, 1.82) is 0 Å². The number of amides is 3. The van der Waals surface area contributed by atoms with Crippen molar-refractivity contribution in [2.75, 3.05) is 10.6 Å². The van der Waals surface area contributed by atoms with Gasteiger partial charge in [0.1, 0.15) is 6.54 Å². The first-order valence-electron chi connectivity index (χ1n) is 8.44. The molecule has 0 saturated carbocycles. The second-order valence-electron chi connectivity index (χ2n) is 6.25. The Morgan fingerprint density at radius 3 is 2.33 bits per heavy atom. The Morgan fingerprint density at radius 1 is 1.04 bits per heavy atom. The van der Waals surface area contributed by atoms with E-state index >= 15 is 0 Å². The van der Waals surface area contributed by atoms with Crippen LogP contribution in [0, 0.1) is 0 Å². The number of fused-ring (bicyclic) bond motifs is 1. The highest BCUT2D eigenvalue weighted by Gasteiger charge is 2.11. The van der Waals surface area contributed by atoms with Gasteiger partial charge in [-0.1, -0.05) is 6.07 Å². The highest BCUT2D eigenvalue weighted by Crippen LogP contribution is 2.13. The molecular formula is C18H20N6O3. The minimum absolute atomic E-state index is 0.0339. The molecule has 2 heterocycles. The molecule has 3 amide bonds. The Balaban J connectivity index is 1.61. The molecule has 140 valence electrons. The Hall–Kier alpha value is -3.62. The molecule has 9 nitrogen and oxygen atoms in total. The monoisotopic (exact) mass is 368 g/mol. The number of aromatic nitrogens is 3. The topological polar surface area (TPSA) is 110 Å². The predicted octanol–water partition coefficient (Wildman–Crippen LogP) is 1.66. The number of carbonyl (C=O) groups is 2. The van der Waals surface area contributed by atoms with Gasteiger partial charge >= 0.3 is 11.7 Å². The number of urea groups is 1. The van der Waals surface area contributed by atoms with Gasteiger partial charge in [-0.25, -0.2) is 14.3 Å². The standard InChI is InChI=1S/C18H20N6O3/c1-12(2)19-17(26)21-14-8-6-13(7-9-14)20-16(25)11-24-18(27)23-10-4-3-5-15(23)22-24/h3-10,12H,11H2,1-2H3,(H,20,25)(H2,19,21,26). The summed E-state index contributed by atoms with van der Waals surface area (Å²) < 4.78 is 2.48. The summed E-state index contributed by atoms with van der Waals surface area (Å²) in [7, 11) is 0. The molecule has 9 heteroatoms. The smallest absolute Gasteiger partial charge is 0.336 e. The van der Waals surface area contributed by atoms with Crippen molar-refractivity contribution < 1.29 is 9.59 Å². The third-order valence-corrected chi connectivity index (χ3v) is 3.63. The van der Waals surface area contributed by atoms with E-state index < -0.39 is 0 Å². The molecule has 27 heavy (non-hydrogen) atoms. The summed E-state index contributed by atoms with van der Waals surface area (Å²) in [5.74, 6) is -0.376. The van der Waals surface area contributed by atoms with Crippen LogP contribution in [0.5, 0.6) is 0 Å². The molecule has 0 atom stereocenters. The number of carbonyl (C=O) groups excluding carboxylic acids is 2. The van der Waals surface area contributed by atoms with Crippen molar-refractivity contribution in [1.82, 2.24) is 19.5 Å². The number of anilines is 2. The van der Waals surface area contributed by atoms with Crippen LogP contribution in [0.15, 0.2) is 53.5 Å². The summed E-state index contributed by atoms with van der Waals surface area (Å²) in [6, 6.07) is 11.6. The van der Waals surface area contributed by atoms with Crippen LogP contribution in [-0.2, 0) is 11.3 Å². The molecule has 0 saturated heterocycles. The molecule has 0 fully saturated rings. The second kappa shape index (κ2) is 7.73. The number of nitrogens with one attached hydrogen (secondary N) is 3. The Kier molecular flexibility index (Phi) is 5.20. The van der Waals surface area contributed by atoms with Gasteiger partial charge in [0.05, 0.1) is 0 Å². The SMILES string of the molecule is CC(C)NC(=O)Nc1ccc(NC(=O)Cn2nc3ccccn3c2=O)cc1. The van der Waals surface area contributed by atoms with Gasteiger partial charge in [-0.15, -0.1) is 5.10 Å². The van der Waals surface area contributed by atoms with Gasteiger partial charge in [-0.2, -0.15) is 0 Å². The maximum Gasteiger partial charge on any atom is 0.350 e. The molecule has 2 aromatic heterocycles. The molecule has 0 aliphatic heterocycles. The molecular weight excluding hydrogens is 348 g/mol. The Morgan fingerprint density at radius 2 is 1.70 bits per heavy atom. The van der Waals surface area contributed by atoms with E-state index in [1.807, 2.05) is 13.8 Å². The molecule has 0 bridgehead atoms. The van der Waals surface area contributed by atoms with Crippen LogP contribution in [0.1, 0.15) is 13.8 Å². The first-order valence-corrected chi connectivity index (χ1v) is 8.44. The molecule has 0 aliphatic rings. The minimum Gasteiger partial charge on any atom is -0.336 e. The van der Waals surface area contributed by atoms with Crippen molar-refractivity contribution in [2.24, 2.45) is 0 Å². The quantitative estimate of drug-likeness (QED) is 0.636. The lowest BCUT2D eigenvalue weighted by molar-refractivity contribution is -0.117. The fourth-order valence-corrected chi connectivity index (χ4v) is 2.47. The van der Waals surface area contributed by atoms with Crippen LogP contribution in [-0.4, -0.2) is 32.2 Å². The van der Waals surface area contributed by atoms with E-state index in [0.29, 0.717) is 17.0 Å². The van der Waals surface area contributed by atoms with Gasteiger partial charge in [-0.3, -0.25) is 9.20 Å². The first kappa shape index (κ1) is 18.2. The van der Waals surface area contributed by atoms with Gasteiger partial charge < -0.3 is 16.0 Å². The van der Waals surface area contributed by atoms with Gasteiger partial charge in [0, 0.05) is 23.6 Å². The van der Waals surface area contributed by atoms with Crippen molar-refractivity contribution in [3.8, 4) is 0 Å². The van der Waals surface area contributed by atoms with E-state index in [-0.39, 0.29) is 30.2 Å². The lowest BCUT2D eigenvalue weighted by atomic mass is 10.2. The van der Waals surface area contributed by atoms with Crippen LogP contribution in [0.4, 0.5) is 16.2 Å². The van der Waals surface area contributed by atoms with E-state index in [1.165, 1.54) is 4.40 Å². The summed E-state index contributed by atoms with van der Waals surface area (Å²) in [6.07, 6.45) is 1.60. The van der Waals surface area contributed by atoms with Crippen molar-refractivity contribution in [3.63, 3.8) is 0 Å². The van der Waals surface area contributed by atoms with Crippen LogP contribution in [0.3, 0.4) is 0 Å². The van der Waals surface area contributed by atoms with Crippen LogP contribution >= 0.6 is 0 Å². The van der Waals surface area contributed by atoms with E-state index in [4.69, 9.17) is 0 Å². The summed E-state index contributed by atoms with van der Waals surface area (Å²) >= 11 is 0. The van der Waals surface area contributed by atoms with Gasteiger partial charge in [0.2, 0.25) is 5.91 Å². The van der Waals surface area contributed by atoms with E-state index in [1.54, 1.807) is 48.7 Å². The molecule has 0 aliphatic carbocycles. The number of pyridine rings is 1. The number of nitrogens with zero attached hydrogens (tertiary/aromatic N) is 3. The molecule has 0 unspecified atom stereocenters. The molecule has 3 rings (SSSR count). The largest absolute Gasteiger partial charge is 0.350 e. The van der Waals surface area contributed by atoms with Crippen LogP contribution in [0.2, 0.25) is 0 Å². The fourth-order valence-electron chi connectivity index (χ4n) is 2.47. The van der Waals surface area contributed by atoms with Gasteiger partial charge in [-0.05, 0) is 50.2 Å². The van der Waals surface area contributed by atoms with Crippen molar-refractivity contribution in [3.05, 3.63) is 59.1 Å². The molecule has 3 aromatic rings. The molecule has 3 N–H and O–H groups in total. The van der Waals surface area contributed by atoms with Gasteiger partial charge in [0.25, 0.3) is 0 Å². The Labute approximate surface area is 155 Å². The van der Waals surface area contributed by atoms with Crippen molar-refractivity contribution >= 4 is 29.0 Å². The highest BCUT2D eigenvalue weighted by atomic mass is 16.2. The fraction of sp³-hybridized carbons (Fsp3) is 0.222. The molecule has 0 spiro atoms. The maximum absolute atomic E-state index is 12.2. The molecule has 1 aromatic carbocycles. The lowest BCUT2D eigenvalue weighted by Gasteiger charge is -2.11. The summed E-state index contributed by atoms with van der Waals surface area (Å²) in [5, 5.41) is 12.2. The summed E-state index contributed by atoms with van der Waals surface area (Å²) in [4.78, 5) is 36.0. The molecule has 0 radical (unpaired) electrons. The zero-order chi connectivity index (χ0) is 19.4. The maximum atomic E-state index is 12.2. The first-order chi connectivity index (χ1) is 12.9. The highest BCUT2D eigenvalue weighted by molar-refractivity contribution is 5.92. The normalized spacial score (nSPS) is 10.8. The van der Waals surface area contributed by atoms with E-state index in [0.717, 1.165) is 4.68 Å². The van der Waals surface area contributed by atoms with E-state index in [9.17, 15) is 14.4 Å². The Bertz CT molecular complexity index is 1020. The number of hydrogen-bond donors (Lipinski definition) is 3. The minimum atomic E-state index is -0.378. The number of benzene rings is 1. The third-order valence-electron chi connectivity index (χ3n) is 3.63.